The van der Waals surface area contributed by atoms with Crippen molar-refractivity contribution in [3.05, 3.63) is 35.9 Å². The van der Waals surface area contributed by atoms with Crippen LogP contribution in [0, 0.1) is 11.8 Å². The first-order valence-corrected chi connectivity index (χ1v) is 6.62. The Balaban J connectivity index is 1.98. The summed E-state index contributed by atoms with van der Waals surface area (Å²) in [5.41, 5.74) is 1.19. The molecular weight excluding hydrogens is 242 g/mol. The van der Waals surface area contributed by atoms with Crippen LogP contribution in [0.25, 0.3) is 0 Å². The standard InChI is InChI=1S/C15H19NO3/c1-2-19-15(18)14-10-16(9-13(14)11-17)8-12-6-4-3-5-7-12/h3-7,11,13-14H,2,8-10H2,1H3/t13?,14-/m1/s1. The summed E-state index contributed by atoms with van der Waals surface area (Å²) >= 11 is 0. The van der Waals surface area contributed by atoms with Gasteiger partial charge in [0.05, 0.1) is 12.5 Å². The van der Waals surface area contributed by atoms with Gasteiger partial charge >= 0.3 is 5.97 Å². The number of nitrogens with zero attached hydrogens (tertiary/aromatic N) is 1. The molecule has 0 spiro atoms. The molecule has 0 N–H and O–H groups in total. The van der Waals surface area contributed by atoms with Crippen LogP contribution in [0.15, 0.2) is 30.3 Å². The SMILES string of the molecule is CCOC(=O)[C@@H]1CN(Cc2ccccc2)CC1C=O. The summed E-state index contributed by atoms with van der Waals surface area (Å²) in [6.07, 6.45) is 0.882. The molecule has 0 radical (unpaired) electrons. The van der Waals surface area contributed by atoms with Crippen molar-refractivity contribution in [2.45, 2.75) is 13.5 Å². The summed E-state index contributed by atoms with van der Waals surface area (Å²) in [5, 5.41) is 0. The van der Waals surface area contributed by atoms with E-state index in [0.29, 0.717) is 19.7 Å². The second-order valence-electron chi connectivity index (χ2n) is 4.84. The largest absolute Gasteiger partial charge is 0.466 e. The van der Waals surface area contributed by atoms with Crippen LogP contribution in [0.4, 0.5) is 0 Å². The molecule has 2 rings (SSSR count). The lowest BCUT2D eigenvalue weighted by atomic mass is 9.98. The third-order valence-corrected chi connectivity index (χ3v) is 3.45. The lowest BCUT2D eigenvalue weighted by molar-refractivity contribution is -0.149. The van der Waals surface area contributed by atoms with Gasteiger partial charge in [-0.05, 0) is 12.5 Å². The second-order valence-corrected chi connectivity index (χ2v) is 4.84. The Morgan fingerprint density at radius 1 is 1.37 bits per heavy atom. The van der Waals surface area contributed by atoms with Gasteiger partial charge in [0.25, 0.3) is 0 Å². The van der Waals surface area contributed by atoms with Gasteiger partial charge in [-0.1, -0.05) is 30.3 Å². The summed E-state index contributed by atoms with van der Waals surface area (Å²) in [6, 6.07) is 10.1. The smallest absolute Gasteiger partial charge is 0.311 e. The van der Waals surface area contributed by atoms with Crippen molar-refractivity contribution in [3.63, 3.8) is 0 Å². The molecule has 0 bridgehead atoms. The first-order chi connectivity index (χ1) is 9.24. The number of carbonyl (C=O) groups is 2. The molecule has 1 saturated heterocycles. The second kappa shape index (κ2) is 6.48. The molecule has 4 heteroatoms. The van der Waals surface area contributed by atoms with E-state index in [1.54, 1.807) is 6.92 Å². The molecule has 0 aliphatic carbocycles. The maximum Gasteiger partial charge on any atom is 0.311 e. The molecular formula is C15H19NO3. The van der Waals surface area contributed by atoms with Crippen LogP contribution in [-0.2, 0) is 20.9 Å². The summed E-state index contributed by atoms with van der Waals surface area (Å²) in [5.74, 6) is -0.820. The lowest BCUT2D eigenvalue weighted by Gasteiger charge is -2.15. The van der Waals surface area contributed by atoms with Crippen molar-refractivity contribution in [1.29, 1.82) is 0 Å². The van der Waals surface area contributed by atoms with Crippen LogP contribution in [0.5, 0.6) is 0 Å². The first kappa shape index (κ1) is 13.7. The fraction of sp³-hybridized carbons (Fsp3) is 0.467. The van der Waals surface area contributed by atoms with E-state index in [4.69, 9.17) is 4.74 Å². The van der Waals surface area contributed by atoms with Gasteiger partial charge in [-0.15, -0.1) is 0 Å². The number of benzene rings is 1. The molecule has 1 aromatic carbocycles. The third-order valence-electron chi connectivity index (χ3n) is 3.45. The van der Waals surface area contributed by atoms with Crippen LogP contribution < -0.4 is 0 Å². The van der Waals surface area contributed by atoms with Crippen LogP contribution in [0.1, 0.15) is 12.5 Å². The lowest BCUT2D eigenvalue weighted by Crippen LogP contribution is -2.26. The zero-order valence-corrected chi connectivity index (χ0v) is 11.1. The van der Waals surface area contributed by atoms with Gasteiger partial charge in [-0.25, -0.2) is 0 Å². The minimum Gasteiger partial charge on any atom is -0.466 e. The van der Waals surface area contributed by atoms with Gasteiger partial charge in [-0.3, -0.25) is 9.69 Å². The van der Waals surface area contributed by atoms with E-state index in [1.165, 1.54) is 5.56 Å². The molecule has 1 heterocycles. The fourth-order valence-electron chi connectivity index (χ4n) is 2.52. The van der Waals surface area contributed by atoms with E-state index < -0.39 is 0 Å². The van der Waals surface area contributed by atoms with Crippen molar-refractivity contribution in [3.8, 4) is 0 Å². The van der Waals surface area contributed by atoms with Crippen molar-refractivity contribution in [2.75, 3.05) is 19.7 Å². The van der Waals surface area contributed by atoms with E-state index in [9.17, 15) is 9.59 Å². The van der Waals surface area contributed by atoms with Crippen LogP contribution in [0.2, 0.25) is 0 Å². The maximum atomic E-state index is 11.8. The molecule has 4 nitrogen and oxygen atoms in total. The molecule has 1 aliphatic rings. The maximum absolute atomic E-state index is 11.8. The van der Waals surface area contributed by atoms with Gasteiger partial charge in [-0.2, -0.15) is 0 Å². The molecule has 2 atom stereocenters. The topological polar surface area (TPSA) is 46.6 Å². The highest BCUT2D eigenvalue weighted by Gasteiger charge is 2.38. The summed E-state index contributed by atoms with van der Waals surface area (Å²) < 4.78 is 5.03. The molecule has 0 amide bonds. The zero-order chi connectivity index (χ0) is 13.7. The Hall–Kier alpha value is -1.68. The highest BCUT2D eigenvalue weighted by atomic mass is 16.5. The summed E-state index contributed by atoms with van der Waals surface area (Å²) in [7, 11) is 0. The monoisotopic (exact) mass is 261 g/mol. The quantitative estimate of drug-likeness (QED) is 0.595. The number of aldehydes is 1. The third kappa shape index (κ3) is 3.41. The van der Waals surface area contributed by atoms with Gasteiger partial charge in [0, 0.05) is 25.6 Å². The van der Waals surface area contributed by atoms with Crippen molar-refractivity contribution >= 4 is 12.3 Å². The van der Waals surface area contributed by atoms with Crippen molar-refractivity contribution in [2.24, 2.45) is 11.8 Å². The number of hydrogen-bond acceptors (Lipinski definition) is 4. The number of rotatable bonds is 5. The molecule has 1 aliphatic heterocycles. The van der Waals surface area contributed by atoms with E-state index >= 15 is 0 Å². The van der Waals surface area contributed by atoms with E-state index in [1.807, 2.05) is 30.3 Å². The zero-order valence-electron chi connectivity index (χ0n) is 11.1. The highest BCUT2D eigenvalue weighted by molar-refractivity contribution is 5.77. The average Bonchev–Trinajstić information content (AvgIpc) is 2.83. The Morgan fingerprint density at radius 3 is 2.74 bits per heavy atom. The molecule has 19 heavy (non-hydrogen) atoms. The number of esters is 1. The number of ether oxygens (including phenoxy) is 1. The average molecular weight is 261 g/mol. The van der Waals surface area contributed by atoms with Gasteiger partial charge < -0.3 is 9.53 Å². The highest BCUT2D eigenvalue weighted by Crippen LogP contribution is 2.24. The first-order valence-electron chi connectivity index (χ1n) is 6.62. The van der Waals surface area contributed by atoms with Crippen LogP contribution >= 0.6 is 0 Å². The molecule has 1 unspecified atom stereocenters. The van der Waals surface area contributed by atoms with Crippen LogP contribution in [0.3, 0.4) is 0 Å². The van der Waals surface area contributed by atoms with Gasteiger partial charge in [0.1, 0.15) is 6.29 Å². The minimum absolute atomic E-state index is 0.247. The Morgan fingerprint density at radius 2 is 2.11 bits per heavy atom. The summed E-state index contributed by atoms with van der Waals surface area (Å²) in [4.78, 5) is 25.0. The summed E-state index contributed by atoms with van der Waals surface area (Å²) in [6.45, 7) is 4.13. The number of hydrogen-bond donors (Lipinski definition) is 0. The Labute approximate surface area is 113 Å². The predicted molar refractivity (Wildman–Crippen MR) is 71.4 cm³/mol. The molecule has 1 fully saturated rings. The molecule has 0 aromatic heterocycles. The minimum atomic E-state index is -0.318. The normalized spacial score (nSPS) is 23.2. The van der Waals surface area contributed by atoms with E-state index in [-0.39, 0.29) is 17.8 Å². The Kier molecular flexibility index (Phi) is 4.68. The molecule has 0 saturated carbocycles. The van der Waals surface area contributed by atoms with E-state index in [0.717, 1.165) is 12.8 Å². The number of carbonyl (C=O) groups excluding carboxylic acids is 2. The predicted octanol–water partition coefficient (Wildman–Crippen LogP) is 1.50. The van der Waals surface area contributed by atoms with Gasteiger partial charge in [0.2, 0.25) is 0 Å². The molecule has 102 valence electrons. The Bertz CT molecular complexity index is 432. The van der Waals surface area contributed by atoms with Crippen LogP contribution in [-0.4, -0.2) is 36.9 Å². The van der Waals surface area contributed by atoms with Crippen molar-refractivity contribution in [1.82, 2.24) is 4.90 Å². The van der Waals surface area contributed by atoms with Gasteiger partial charge in [0.15, 0.2) is 0 Å². The van der Waals surface area contributed by atoms with Crippen molar-refractivity contribution < 1.29 is 14.3 Å². The van der Waals surface area contributed by atoms with E-state index in [2.05, 4.69) is 4.90 Å². The fourth-order valence-corrected chi connectivity index (χ4v) is 2.52. The number of likely N-dealkylation sites (tertiary alicyclic amines) is 1. The molecule has 1 aromatic rings.